The van der Waals surface area contributed by atoms with Gasteiger partial charge in [0.05, 0.1) is 5.69 Å². The molecule has 1 N–H and O–H groups in total. The maximum absolute atomic E-state index is 14.8. The standard InChI is InChI=1S/C25H21FN2O2S/c26-19-15-16(5-4-8-22(29)30)9-10-18(19)23-27-20-11-12-21(28-24(20)31-23)25(13-14-25)17-6-2-1-3-7-17/h1-3,6-7,9-12,15H,4-5,8,13-14H2,(H,29,30). The summed E-state index contributed by atoms with van der Waals surface area (Å²) >= 11 is 1.41. The Morgan fingerprint density at radius 1 is 1.06 bits per heavy atom. The van der Waals surface area contributed by atoms with Crippen molar-refractivity contribution < 1.29 is 14.3 Å². The summed E-state index contributed by atoms with van der Waals surface area (Å²) < 4.78 is 14.8. The quantitative estimate of drug-likeness (QED) is 0.390. The molecule has 1 aliphatic carbocycles. The molecule has 0 bridgehead atoms. The van der Waals surface area contributed by atoms with Crippen LogP contribution in [0.5, 0.6) is 0 Å². The van der Waals surface area contributed by atoms with Gasteiger partial charge < -0.3 is 5.11 Å². The summed E-state index contributed by atoms with van der Waals surface area (Å²) in [6, 6.07) is 19.6. The molecule has 0 radical (unpaired) electrons. The molecule has 0 atom stereocenters. The van der Waals surface area contributed by atoms with E-state index in [4.69, 9.17) is 10.1 Å². The molecular weight excluding hydrogens is 411 g/mol. The maximum atomic E-state index is 14.8. The van der Waals surface area contributed by atoms with Crippen LogP contribution >= 0.6 is 11.3 Å². The van der Waals surface area contributed by atoms with Crippen molar-refractivity contribution in [2.75, 3.05) is 0 Å². The predicted molar refractivity (Wildman–Crippen MR) is 120 cm³/mol. The van der Waals surface area contributed by atoms with Gasteiger partial charge >= 0.3 is 5.97 Å². The molecule has 0 spiro atoms. The van der Waals surface area contributed by atoms with Crippen LogP contribution < -0.4 is 0 Å². The van der Waals surface area contributed by atoms with Crippen molar-refractivity contribution in [1.82, 2.24) is 9.97 Å². The summed E-state index contributed by atoms with van der Waals surface area (Å²) in [5.41, 5.74) is 4.35. The van der Waals surface area contributed by atoms with E-state index in [1.165, 1.54) is 23.0 Å². The second kappa shape index (κ2) is 7.85. The Bertz CT molecular complexity index is 1270. The third kappa shape index (κ3) is 3.83. The molecule has 2 aromatic heterocycles. The van der Waals surface area contributed by atoms with E-state index >= 15 is 0 Å². The second-order valence-corrected chi connectivity index (χ2v) is 9.03. The van der Waals surface area contributed by atoms with E-state index in [2.05, 4.69) is 29.2 Å². The van der Waals surface area contributed by atoms with Crippen molar-refractivity contribution in [3.05, 3.63) is 83.3 Å². The zero-order chi connectivity index (χ0) is 21.4. The molecular formula is C25H21FN2O2S. The molecule has 4 aromatic rings. The number of carboxylic acids is 1. The number of fused-ring (bicyclic) bond motifs is 1. The van der Waals surface area contributed by atoms with Crippen molar-refractivity contribution >= 4 is 27.7 Å². The highest BCUT2D eigenvalue weighted by atomic mass is 32.1. The van der Waals surface area contributed by atoms with Crippen LogP contribution in [0.2, 0.25) is 0 Å². The number of nitrogens with zero attached hydrogens (tertiary/aromatic N) is 2. The minimum atomic E-state index is -0.835. The molecule has 1 fully saturated rings. The number of pyridine rings is 1. The van der Waals surface area contributed by atoms with Crippen LogP contribution in [0.3, 0.4) is 0 Å². The number of rotatable bonds is 7. The molecule has 2 heterocycles. The molecule has 5 rings (SSSR count). The summed E-state index contributed by atoms with van der Waals surface area (Å²) in [6.07, 6.45) is 3.28. The highest BCUT2D eigenvalue weighted by molar-refractivity contribution is 7.21. The van der Waals surface area contributed by atoms with Crippen LogP contribution in [0.1, 0.15) is 42.5 Å². The topological polar surface area (TPSA) is 63.1 Å². The molecule has 1 aliphatic rings. The van der Waals surface area contributed by atoms with Crippen molar-refractivity contribution in [1.29, 1.82) is 0 Å². The van der Waals surface area contributed by atoms with Gasteiger partial charge in [0.15, 0.2) is 0 Å². The molecule has 0 aliphatic heterocycles. The molecule has 0 saturated heterocycles. The molecule has 31 heavy (non-hydrogen) atoms. The largest absolute Gasteiger partial charge is 0.481 e. The Hall–Kier alpha value is -3.12. The number of carboxylic acid groups (broad SMARTS) is 1. The summed E-state index contributed by atoms with van der Waals surface area (Å²) in [5.74, 6) is -1.17. The van der Waals surface area contributed by atoms with Gasteiger partial charge in [0, 0.05) is 17.4 Å². The normalized spacial score (nSPS) is 14.6. The average Bonchev–Trinajstić information content (AvgIpc) is 3.47. The number of thiazole rings is 1. The van der Waals surface area contributed by atoms with Crippen molar-refractivity contribution in [3.8, 4) is 10.6 Å². The molecule has 1 saturated carbocycles. The van der Waals surface area contributed by atoms with Crippen molar-refractivity contribution in [2.45, 2.75) is 37.5 Å². The lowest BCUT2D eigenvalue weighted by Gasteiger charge is -2.14. The molecule has 0 unspecified atom stereocenters. The van der Waals surface area contributed by atoms with Crippen LogP contribution in [0.4, 0.5) is 4.39 Å². The van der Waals surface area contributed by atoms with E-state index in [-0.39, 0.29) is 17.7 Å². The molecule has 2 aromatic carbocycles. The van der Waals surface area contributed by atoms with Gasteiger partial charge in [-0.3, -0.25) is 4.79 Å². The lowest BCUT2D eigenvalue weighted by atomic mass is 9.92. The Morgan fingerprint density at radius 3 is 2.58 bits per heavy atom. The SMILES string of the molecule is O=C(O)CCCc1ccc(-c2nc3ccc(C4(c5ccccc5)CC4)nc3s2)c(F)c1. The number of aliphatic carboxylic acids is 1. The van der Waals surface area contributed by atoms with Gasteiger partial charge in [-0.1, -0.05) is 47.7 Å². The van der Waals surface area contributed by atoms with Crippen LogP contribution in [0.15, 0.2) is 60.7 Å². The Morgan fingerprint density at radius 2 is 1.87 bits per heavy atom. The number of carbonyl (C=O) groups is 1. The summed E-state index contributed by atoms with van der Waals surface area (Å²) in [5, 5.41) is 9.37. The summed E-state index contributed by atoms with van der Waals surface area (Å²) in [4.78, 5) is 21.0. The number of hydrogen-bond acceptors (Lipinski definition) is 4. The van der Waals surface area contributed by atoms with Gasteiger partial charge in [-0.15, -0.1) is 0 Å². The average molecular weight is 433 g/mol. The Kier molecular flexibility index (Phi) is 5.02. The van der Waals surface area contributed by atoms with Crippen LogP contribution in [-0.2, 0) is 16.6 Å². The fourth-order valence-corrected chi connectivity index (χ4v) is 5.07. The third-order valence-corrected chi connectivity index (χ3v) is 6.94. The van der Waals surface area contributed by atoms with Gasteiger partial charge in [0.25, 0.3) is 0 Å². The summed E-state index contributed by atoms with van der Waals surface area (Å²) in [6.45, 7) is 0. The molecule has 156 valence electrons. The van der Waals surface area contributed by atoms with Crippen LogP contribution in [0, 0.1) is 5.82 Å². The van der Waals surface area contributed by atoms with E-state index in [0.717, 1.165) is 34.4 Å². The number of benzene rings is 2. The Labute approximate surface area is 183 Å². The lowest BCUT2D eigenvalue weighted by molar-refractivity contribution is -0.137. The number of hydrogen-bond donors (Lipinski definition) is 1. The fraction of sp³-hybridized carbons (Fsp3) is 0.240. The van der Waals surface area contributed by atoms with E-state index in [1.807, 2.05) is 24.3 Å². The molecule has 4 nitrogen and oxygen atoms in total. The second-order valence-electron chi connectivity index (χ2n) is 8.05. The lowest BCUT2D eigenvalue weighted by Crippen LogP contribution is -2.10. The molecule has 6 heteroatoms. The van der Waals surface area contributed by atoms with Crippen molar-refractivity contribution in [2.24, 2.45) is 0 Å². The summed E-state index contributed by atoms with van der Waals surface area (Å²) in [7, 11) is 0. The molecule has 0 amide bonds. The van der Waals surface area contributed by atoms with Crippen molar-refractivity contribution in [3.63, 3.8) is 0 Å². The number of aryl methyl sites for hydroxylation is 1. The minimum absolute atomic E-state index is 0.0115. The third-order valence-electron chi connectivity index (χ3n) is 5.94. The van der Waals surface area contributed by atoms with E-state index in [9.17, 15) is 9.18 Å². The van der Waals surface area contributed by atoms with Gasteiger partial charge in [-0.25, -0.2) is 14.4 Å². The van der Waals surface area contributed by atoms with E-state index < -0.39 is 5.97 Å². The maximum Gasteiger partial charge on any atom is 0.303 e. The zero-order valence-corrected chi connectivity index (χ0v) is 17.7. The first-order valence-electron chi connectivity index (χ1n) is 10.4. The minimum Gasteiger partial charge on any atom is -0.481 e. The predicted octanol–water partition coefficient (Wildman–Crippen LogP) is 5.98. The van der Waals surface area contributed by atoms with Gasteiger partial charge in [0.1, 0.15) is 21.2 Å². The highest BCUT2D eigenvalue weighted by Crippen LogP contribution is 2.53. The fourth-order valence-electron chi connectivity index (χ4n) is 4.11. The first kappa shape index (κ1) is 19.8. The number of aromatic nitrogens is 2. The number of halogens is 1. The highest BCUT2D eigenvalue weighted by Gasteiger charge is 2.47. The first-order chi connectivity index (χ1) is 15.0. The monoisotopic (exact) mass is 432 g/mol. The van der Waals surface area contributed by atoms with Crippen LogP contribution in [0.25, 0.3) is 20.9 Å². The van der Waals surface area contributed by atoms with E-state index in [1.54, 1.807) is 6.07 Å². The van der Waals surface area contributed by atoms with Gasteiger partial charge in [0.2, 0.25) is 0 Å². The van der Waals surface area contributed by atoms with Crippen LogP contribution in [-0.4, -0.2) is 21.0 Å². The van der Waals surface area contributed by atoms with Gasteiger partial charge in [-0.05, 0) is 61.1 Å². The zero-order valence-electron chi connectivity index (χ0n) is 16.8. The van der Waals surface area contributed by atoms with Gasteiger partial charge in [-0.2, -0.15) is 0 Å². The van der Waals surface area contributed by atoms with E-state index in [0.29, 0.717) is 23.4 Å². The smallest absolute Gasteiger partial charge is 0.303 e. The first-order valence-corrected chi connectivity index (χ1v) is 11.2. The Balaban J connectivity index is 1.43.